The second kappa shape index (κ2) is 8.67. The molecule has 0 saturated carbocycles. The lowest BCUT2D eigenvalue weighted by molar-refractivity contribution is -0.143. The van der Waals surface area contributed by atoms with Crippen molar-refractivity contribution >= 4 is 11.9 Å². The van der Waals surface area contributed by atoms with E-state index in [1.807, 2.05) is 14.7 Å². The second-order valence-electron chi connectivity index (χ2n) is 7.06. The number of ether oxygens (including phenoxy) is 2. The highest BCUT2D eigenvalue weighted by Crippen LogP contribution is 2.29. The van der Waals surface area contributed by atoms with Crippen molar-refractivity contribution in [3.05, 3.63) is 0 Å². The molecule has 7 nitrogen and oxygen atoms in total. The Balaban J connectivity index is 2.11. The molecule has 2 fully saturated rings. The number of nitrogens with zero attached hydrogens (tertiary/aromatic N) is 3. The Labute approximate surface area is 144 Å². The molecule has 0 aromatic heterocycles. The van der Waals surface area contributed by atoms with Crippen molar-refractivity contribution in [2.45, 2.75) is 38.8 Å². The first-order valence-corrected chi connectivity index (χ1v) is 8.83. The highest BCUT2D eigenvalue weighted by Gasteiger charge is 2.49. The van der Waals surface area contributed by atoms with E-state index in [-0.39, 0.29) is 24.0 Å². The highest BCUT2D eigenvalue weighted by atomic mass is 16.5. The third kappa shape index (κ3) is 4.19. The summed E-state index contributed by atoms with van der Waals surface area (Å²) in [5.74, 6) is 0.418. The Hall–Kier alpha value is -1.34. The van der Waals surface area contributed by atoms with Crippen molar-refractivity contribution in [3.8, 4) is 0 Å². The monoisotopic (exact) mass is 341 g/mol. The number of urea groups is 1. The molecule has 0 aromatic carbocycles. The summed E-state index contributed by atoms with van der Waals surface area (Å²) in [6.07, 6.45) is 1.52. The van der Waals surface area contributed by atoms with Gasteiger partial charge in [0, 0.05) is 47.0 Å². The predicted octanol–water partition coefficient (Wildman–Crippen LogP) is 1.03. The molecule has 0 radical (unpaired) electrons. The zero-order chi connectivity index (χ0) is 17.7. The van der Waals surface area contributed by atoms with Gasteiger partial charge in [-0.25, -0.2) is 4.79 Å². The van der Waals surface area contributed by atoms with E-state index < -0.39 is 0 Å². The number of methoxy groups -OCH3 is 2. The van der Waals surface area contributed by atoms with Gasteiger partial charge < -0.3 is 24.2 Å². The summed E-state index contributed by atoms with van der Waals surface area (Å²) in [5.41, 5.74) is 0. The van der Waals surface area contributed by atoms with Crippen LogP contribution in [0.3, 0.4) is 0 Å². The van der Waals surface area contributed by atoms with Crippen molar-refractivity contribution in [1.82, 2.24) is 14.7 Å². The van der Waals surface area contributed by atoms with Crippen molar-refractivity contribution in [2.75, 3.05) is 53.6 Å². The van der Waals surface area contributed by atoms with Crippen molar-refractivity contribution in [2.24, 2.45) is 5.92 Å². The maximum Gasteiger partial charge on any atom is 0.321 e. The number of carbonyl (C=O) groups excluding carboxylic acids is 2. The number of rotatable bonds is 9. The van der Waals surface area contributed by atoms with E-state index in [0.717, 1.165) is 6.42 Å². The molecule has 0 aromatic rings. The average molecular weight is 341 g/mol. The van der Waals surface area contributed by atoms with E-state index in [4.69, 9.17) is 9.47 Å². The van der Waals surface area contributed by atoms with Gasteiger partial charge >= 0.3 is 6.03 Å². The summed E-state index contributed by atoms with van der Waals surface area (Å²) in [7, 11) is 3.31. The topological polar surface area (TPSA) is 62.3 Å². The average Bonchev–Trinajstić information content (AvgIpc) is 2.84. The molecule has 0 bridgehead atoms. The van der Waals surface area contributed by atoms with Gasteiger partial charge in [-0.2, -0.15) is 0 Å². The quantitative estimate of drug-likeness (QED) is 0.588. The Kier molecular flexibility index (Phi) is 6.86. The van der Waals surface area contributed by atoms with Gasteiger partial charge in [0.1, 0.15) is 6.04 Å². The Morgan fingerprint density at radius 1 is 1.04 bits per heavy atom. The smallest absolute Gasteiger partial charge is 0.321 e. The molecule has 138 valence electrons. The van der Waals surface area contributed by atoms with Gasteiger partial charge in [-0.3, -0.25) is 4.79 Å². The molecule has 2 rings (SSSR count). The summed E-state index contributed by atoms with van der Waals surface area (Å²) in [6.45, 7) is 7.91. The standard InChI is InChI=1S/C17H31N3O4/c1-13(2)10-15-16(21)18(7-9-24-4)11-14-12-19(6-5-8-23-3)17(22)20(14)15/h13-15H,5-12H2,1-4H3/t14-,15-/m0/s1. The van der Waals surface area contributed by atoms with E-state index in [9.17, 15) is 9.59 Å². The minimum atomic E-state index is -0.347. The van der Waals surface area contributed by atoms with Crippen LogP contribution in [-0.4, -0.2) is 92.3 Å². The fourth-order valence-electron chi connectivity index (χ4n) is 3.60. The zero-order valence-electron chi connectivity index (χ0n) is 15.4. The number of hydrogen-bond donors (Lipinski definition) is 0. The fourth-order valence-corrected chi connectivity index (χ4v) is 3.60. The van der Waals surface area contributed by atoms with Gasteiger partial charge in [0.05, 0.1) is 12.6 Å². The van der Waals surface area contributed by atoms with Crippen LogP contribution in [0.2, 0.25) is 0 Å². The minimum absolute atomic E-state index is 0.00138. The Morgan fingerprint density at radius 3 is 2.33 bits per heavy atom. The number of fused-ring (bicyclic) bond motifs is 1. The van der Waals surface area contributed by atoms with Crippen LogP contribution in [0.4, 0.5) is 4.79 Å². The summed E-state index contributed by atoms with van der Waals surface area (Å²) >= 11 is 0. The van der Waals surface area contributed by atoms with Crippen LogP contribution in [-0.2, 0) is 14.3 Å². The number of piperazine rings is 1. The van der Waals surface area contributed by atoms with Crippen LogP contribution in [0.15, 0.2) is 0 Å². The first-order valence-electron chi connectivity index (χ1n) is 8.83. The fraction of sp³-hybridized carbons (Fsp3) is 0.882. The largest absolute Gasteiger partial charge is 0.385 e. The lowest BCUT2D eigenvalue weighted by Gasteiger charge is -2.42. The maximum absolute atomic E-state index is 12.9. The molecule has 7 heteroatoms. The molecule has 0 spiro atoms. The molecular formula is C17H31N3O4. The van der Waals surface area contributed by atoms with E-state index >= 15 is 0 Å². The molecule has 0 aliphatic carbocycles. The number of hydrogen-bond acceptors (Lipinski definition) is 4. The molecule has 24 heavy (non-hydrogen) atoms. The van der Waals surface area contributed by atoms with Crippen LogP contribution in [0.1, 0.15) is 26.7 Å². The first kappa shape index (κ1) is 19.0. The van der Waals surface area contributed by atoms with Gasteiger partial charge in [0.15, 0.2) is 0 Å². The molecule has 2 aliphatic heterocycles. The van der Waals surface area contributed by atoms with Crippen molar-refractivity contribution in [1.29, 1.82) is 0 Å². The summed E-state index contributed by atoms with van der Waals surface area (Å²) in [5, 5.41) is 0. The minimum Gasteiger partial charge on any atom is -0.385 e. The second-order valence-corrected chi connectivity index (χ2v) is 7.06. The zero-order valence-corrected chi connectivity index (χ0v) is 15.4. The van der Waals surface area contributed by atoms with Crippen LogP contribution in [0.5, 0.6) is 0 Å². The van der Waals surface area contributed by atoms with Crippen LogP contribution in [0.25, 0.3) is 0 Å². The third-order valence-electron chi connectivity index (χ3n) is 4.72. The van der Waals surface area contributed by atoms with Gasteiger partial charge in [0.2, 0.25) is 5.91 Å². The molecular weight excluding hydrogens is 310 g/mol. The van der Waals surface area contributed by atoms with E-state index in [0.29, 0.717) is 51.7 Å². The summed E-state index contributed by atoms with van der Waals surface area (Å²) in [6, 6.07) is -0.264. The van der Waals surface area contributed by atoms with Crippen LogP contribution >= 0.6 is 0 Å². The maximum atomic E-state index is 12.9. The molecule has 0 unspecified atom stereocenters. The van der Waals surface area contributed by atoms with Gasteiger partial charge in [-0.15, -0.1) is 0 Å². The first-order chi connectivity index (χ1) is 11.5. The Bertz CT molecular complexity index is 444. The third-order valence-corrected chi connectivity index (χ3v) is 4.72. The SMILES string of the molecule is COCCCN1C[C@@H]2CN(CCOC)C(=O)[C@H](CC(C)C)N2C1=O. The summed E-state index contributed by atoms with van der Waals surface area (Å²) < 4.78 is 10.2. The van der Waals surface area contributed by atoms with Crippen LogP contribution < -0.4 is 0 Å². The predicted molar refractivity (Wildman–Crippen MR) is 90.8 cm³/mol. The highest BCUT2D eigenvalue weighted by molar-refractivity contribution is 5.90. The summed E-state index contributed by atoms with van der Waals surface area (Å²) in [4.78, 5) is 31.2. The van der Waals surface area contributed by atoms with E-state index in [1.165, 1.54) is 0 Å². The van der Waals surface area contributed by atoms with Crippen LogP contribution in [0, 0.1) is 5.92 Å². The van der Waals surface area contributed by atoms with Gasteiger partial charge in [-0.05, 0) is 18.8 Å². The molecule has 3 amide bonds. The molecule has 2 heterocycles. The normalized spacial score (nSPS) is 24.3. The number of carbonyl (C=O) groups is 2. The van der Waals surface area contributed by atoms with E-state index in [2.05, 4.69) is 13.8 Å². The molecule has 2 saturated heterocycles. The van der Waals surface area contributed by atoms with Gasteiger partial charge in [-0.1, -0.05) is 13.8 Å². The molecule has 0 N–H and O–H groups in total. The van der Waals surface area contributed by atoms with Crippen molar-refractivity contribution < 1.29 is 19.1 Å². The Morgan fingerprint density at radius 2 is 1.71 bits per heavy atom. The van der Waals surface area contributed by atoms with Crippen molar-refractivity contribution in [3.63, 3.8) is 0 Å². The molecule has 2 atom stereocenters. The molecule has 2 aliphatic rings. The lowest BCUT2D eigenvalue weighted by atomic mass is 9.97. The van der Waals surface area contributed by atoms with E-state index in [1.54, 1.807) is 14.2 Å². The lowest BCUT2D eigenvalue weighted by Crippen LogP contribution is -2.61. The number of amides is 3. The van der Waals surface area contributed by atoms with Gasteiger partial charge in [0.25, 0.3) is 0 Å².